The number of hydrogen-bond acceptors (Lipinski definition) is 5. The molecule has 0 bridgehead atoms. The minimum atomic E-state index is -4.31. The van der Waals surface area contributed by atoms with Crippen LogP contribution in [0, 0.1) is 0 Å². The molecule has 0 radical (unpaired) electrons. The first-order valence-electron chi connectivity index (χ1n) is 17.7. The van der Waals surface area contributed by atoms with Crippen molar-refractivity contribution >= 4 is 13.9 Å². The summed E-state index contributed by atoms with van der Waals surface area (Å²) < 4.78 is 29.6. The molecule has 1 aromatic rings. The quantitative estimate of drug-likeness (QED) is 0.0440. The lowest BCUT2D eigenvalue weighted by atomic mass is 10.0. The third kappa shape index (κ3) is 27.4. The van der Waals surface area contributed by atoms with Crippen LogP contribution in [0.2, 0.25) is 0 Å². The molecule has 0 saturated carbocycles. The van der Waals surface area contributed by atoms with Gasteiger partial charge in [0.1, 0.15) is 19.3 Å². The smallest absolute Gasteiger partial charge is 0.379 e. The number of benzene rings is 1. The number of phosphoric acid groups is 1. The van der Waals surface area contributed by atoms with Crippen LogP contribution < -0.4 is 10.6 Å². The largest absolute Gasteiger partial charge is 0.472 e. The third-order valence-electron chi connectivity index (χ3n) is 7.78. The number of unbranched alkanes of at least 4 members (excludes halogenated alkanes) is 15. The summed E-state index contributed by atoms with van der Waals surface area (Å²) in [6, 6.07) is 9.55. The summed E-state index contributed by atoms with van der Waals surface area (Å²) in [6.45, 7) is 4.04. The van der Waals surface area contributed by atoms with E-state index in [2.05, 4.69) is 17.6 Å². The molecule has 2 amide bonds. The molecule has 2 atom stereocenters. The first kappa shape index (κ1) is 41.5. The fraction of sp³-hybridized carbons (Fsp3) is 0.800. The lowest BCUT2D eigenvalue weighted by Crippen LogP contribution is -2.42. The van der Waals surface area contributed by atoms with E-state index in [4.69, 9.17) is 13.8 Å². The van der Waals surface area contributed by atoms with E-state index in [0.29, 0.717) is 30.6 Å². The Balaban J connectivity index is 2.23. The van der Waals surface area contributed by atoms with Crippen LogP contribution in [0.5, 0.6) is 0 Å². The number of carbonyl (C=O) groups is 1. The lowest BCUT2D eigenvalue weighted by molar-refractivity contribution is -0.870. The van der Waals surface area contributed by atoms with Gasteiger partial charge in [0.15, 0.2) is 0 Å². The predicted molar refractivity (Wildman–Crippen MR) is 185 cm³/mol. The van der Waals surface area contributed by atoms with Gasteiger partial charge >= 0.3 is 13.9 Å². The zero-order chi connectivity index (χ0) is 33.1. The molecule has 0 spiro atoms. The zero-order valence-corrected chi connectivity index (χ0v) is 30.0. The minimum Gasteiger partial charge on any atom is -0.379 e. The Morgan fingerprint density at radius 1 is 0.800 bits per heavy atom. The predicted octanol–water partition coefficient (Wildman–Crippen LogP) is 8.01. The van der Waals surface area contributed by atoms with Gasteiger partial charge in [-0.3, -0.25) is 9.05 Å². The van der Waals surface area contributed by atoms with Crippen molar-refractivity contribution in [3.05, 3.63) is 35.9 Å². The van der Waals surface area contributed by atoms with E-state index in [1.165, 1.54) is 89.9 Å². The van der Waals surface area contributed by atoms with Gasteiger partial charge in [-0.05, 0) is 18.4 Å². The lowest BCUT2D eigenvalue weighted by Gasteiger charge is -2.25. The van der Waals surface area contributed by atoms with Crippen molar-refractivity contribution in [2.75, 3.05) is 60.6 Å². The summed E-state index contributed by atoms with van der Waals surface area (Å²) in [5, 5.41) is 5.55. The topological polar surface area (TPSA) is 106 Å². The van der Waals surface area contributed by atoms with Crippen molar-refractivity contribution in [2.45, 2.75) is 122 Å². The van der Waals surface area contributed by atoms with Gasteiger partial charge in [-0.15, -0.1) is 0 Å². The number of nitrogens with zero attached hydrogens (tertiary/aromatic N) is 1. The highest BCUT2D eigenvalue weighted by molar-refractivity contribution is 7.47. The summed E-state index contributed by atoms with van der Waals surface area (Å²) in [4.78, 5) is 22.6. The number of quaternary nitrogens is 1. The van der Waals surface area contributed by atoms with E-state index >= 15 is 0 Å². The molecule has 0 aromatic heterocycles. The molecule has 0 aliphatic heterocycles. The van der Waals surface area contributed by atoms with Crippen molar-refractivity contribution in [1.29, 1.82) is 0 Å². The second-order valence-electron chi connectivity index (χ2n) is 13.3. The number of urea groups is 1. The van der Waals surface area contributed by atoms with Crippen LogP contribution in [0.15, 0.2) is 30.3 Å². The Hall–Kier alpha value is -1.48. The molecule has 0 aliphatic rings. The summed E-state index contributed by atoms with van der Waals surface area (Å²) in [5.74, 6) is 0. The standard InChI is InChI=1S/C35H66N3O6P/c1-5-6-7-8-9-10-11-12-13-14-15-16-17-18-19-23-29-42-32-34(44-45(40,41)43-30-28-38(2,3)4)31-37-35(39)36-27-26-33-24-21-20-22-25-33/h20-22,24-25,34H,5-19,23,26-32H2,1-4H3,(H2-,36,37,39,40,41)/p+1. The minimum absolute atomic E-state index is 0.0272. The Morgan fingerprint density at radius 3 is 1.87 bits per heavy atom. The molecule has 262 valence electrons. The highest BCUT2D eigenvalue weighted by atomic mass is 31.2. The number of phosphoric ester groups is 1. The second kappa shape index (κ2) is 26.6. The molecule has 45 heavy (non-hydrogen) atoms. The summed E-state index contributed by atoms with van der Waals surface area (Å²) in [7, 11) is 1.61. The first-order chi connectivity index (χ1) is 21.6. The number of hydrogen-bond donors (Lipinski definition) is 3. The zero-order valence-electron chi connectivity index (χ0n) is 29.1. The SMILES string of the molecule is CCCCCCCCCCCCCCCCCCOCC(CNC(=O)NCCc1ccccc1)OP(=O)(O)OCC[N+](C)(C)C. The highest BCUT2D eigenvalue weighted by Crippen LogP contribution is 2.44. The van der Waals surface area contributed by atoms with E-state index in [0.717, 1.165) is 18.4 Å². The maximum Gasteiger partial charge on any atom is 0.472 e. The molecule has 0 aliphatic carbocycles. The van der Waals surface area contributed by atoms with Crippen LogP contribution in [0.3, 0.4) is 0 Å². The van der Waals surface area contributed by atoms with Crippen LogP contribution in [-0.4, -0.2) is 82.1 Å². The summed E-state index contributed by atoms with van der Waals surface area (Å²) in [5.41, 5.74) is 1.13. The van der Waals surface area contributed by atoms with Crippen LogP contribution >= 0.6 is 7.82 Å². The van der Waals surface area contributed by atoms with Crippen LogP contribution in [0.4, 0.5) is 4.79 Å². The number of rotatable bonds is 30. The normalized spacial score (nSPS) is 13.8. The molecule has 1 rings (SSSR count). The van der Waals surface area contributed by atoms with Crippen molar-refractivity contribution < 1.29 is 32.5 Å². The number of amides is 2. The summed E-state index contributed by atoms with van der Waals surface area (Å²) in [6.07, 6.45) is 20.9. The van der Waals surface area contributed by atoms with Gasteiger partial charge in [0, 0.05) is 19.7 Å². The molecule has 9 nitrogen and oxygen atoms in total. The van der Waals surface area contributed by atoms with Gasteiger partial charge in [0.05, 0.1) is 27.7 Å². The van der Waals surface area contributed by atoms with E-state index in [1.54, 1.807) is 0 Å². The molecule has 3 N–H and O–H groups in total. The van der Waals surface area contributed by atoms with Gasteiger partial charge < -0.3 is 24.7 Å². The number of ether oxygens (including phenoxy) is 1. The van der Waals surface area contributed by atoms with Crippen molar-refractivity contribution in [3.63, 3.8) is 0 Å². The van der Waals surface area contributed by atoms with E-state index in [9.17, 15) is 14.3 Å². The van der Waals surface area contributed by atoms with Gasteiger partial charge in [0.2, 0.25) is 0 Å². The molecule has 10 heteroatoms. The molecule has 0 fully saturated rings. The Bertz CT molecular complexity index is 884. The molecular formula is C35H67N3O6P+. The van der Waals surface area contributed by atoms with Gasteiger partial charge in [-0.1, -0.05) is 134 Å². The molecule has 0 heterocycles. The number of likely N-dealkylation sites (N-methyl/N-ethyl adjacent to an activating group) is 1. The Labute approximate surface area is 275 Å². The highest BCUT2D eigenvalue weighted by Gasteiger charge is 2.28. The maximum atomic E-state index is 12.6. The molecule has 1 aromatic carbocycles. The van der Waals surface area contributed by atoms with E-state index in [1.807, 2.05) is 51.5 Å². The fourth-order valence-electron chi connectivity index (χ4n) is 4.98. The Morgan fingerprint density at radius 2 is 1.33 bits per heavy atom. The fourth-order valence-corrected chi connectivity index (χ4v) is 5.86. The first-order valence-corrected chi connectivity index (χ1v) is 19.2. The Kier molecular flexibility index (Phi) is 24.5. The van der Waals surface area contributed by atoms with E-state index < -0.39 is 13.9 Å². The van der Waals surface area contributed by atoms with Crippen molar-refractivity contribution in [2.24, 2.45) is 0 Å². The van der Waals surface area contributed by atoms with Crippen LogP contribution in [-0.2, 0) is 24.8 Å². The number of carbonyl (C=O) groups excluding carboxylic acids is 1. The van der Waals surface area contributed by atoms with E-state index in [-0.39, 0.29) is 25.8 Å². The van der Waals surface area contributed by atoms with Crippen molar-refractivity contribution in [3.8, 4) is 0 Å². The molecular weight excluding hydrogens is 589 g/mol. The van der Waals surface area contributed by atoms with Gasteiger partial charge in [0.25, 0.3) is 0 Å². The monoisotopic (exact) mass is 656 g/mol. The van der Waals surface area contributed by atoms with Crippen LogP contribution in [0.1, 0.15) is 115 Å². The third-order valence-corrected chi connectivity index (χ3v) is 8.85. The van der Waals surface area contributed by atoms with Gasteiger partial charge in [-0.25, -0.2) is 9.36 Å². The second-order valence-corrected chi connectivity index (χ2v) is 14.7. The summed E-state index contributed by atoms with van der Waals surface area (Å²) >= 11 is 0. The number of nitrogens with one attached hydrogen (secondary N) is 2. The molecule has 2 unspecified atom stereocenters. The average Bonchev–Trinajstić information content (AvgIpc) is 2.98. The van der Waals surface area contributed by atoms with Crippen molar-refractivity contribution in [1.82, 2.24) is 10.6 Å². The van der Waals surface area contributed by atoms with Gasteiger partial charge in [-0.2, -0.15) is 0 Å². The van der Waals surface area contributed by atoms with Crippen LogP contribution in [0.25, 0.3) is 0 Å². The molecule has 0 saturated heterocycles. The average molecular weight is 657 g/mol. The maximum absolute atomic E-state index is 12.6.